The van der Waals surface area contributed by atoms with E-state index < -0.39 is 40.3 Å². The van der Waals surface area contributed by atoms with Crippen molar-refractivity contribution >= 4 is 5.78 Å². The fourth-order valence-corrected chi connectivity index (χ4v) is 8.32. The van der Waals surface area contributed by atoms with Crippen molar-refractivity contribution in [2.45, 2.75) is 115 Å². The minimum atomic E-state index is -1.34. The zero-order valence-electron chi connectivity index (χ0n) is 20.9. The summed E-state index contributed by atoms with van der Waals surface area (Å²) in [6.45, 7) is 9.96. The van der Waals surface area contributed by atoms with Gasteiger partial charge in [0.2, 0.25) is 0 Å². The molecular weight excluding hydrogens is 420 g/mol. The third kappa shape index (κ3) is 3.58. The summed E-state index contributed by atoms with van der Waals surface area (Å²) in [6, 6.07) is 0. The summed E-state index contributed by atoms with van der Waals surface area (Å²) in [7, 11) is 0. The van der Waals surface area contributed by atoms with Gasteiger partial charge in [-0.05, 0) is 93.1 Å². The molecule has 0 aromatic heterocycles. The van der Waals surface area contributed by atoms with Gasteiger partial charge in [-0.25, -0.2) is 0 Å². The molecular formula is C27H44O6. The molecule has 0 aliphatic heterocycles. The highest BCUT2D eigenvalue weighted by Crippen LogP contribution is 2.68. The standard InChI is InChI=1S/C27H44O6/c1-15(2)6-7-23(31)26(5,32)22-9-11-27(33)17-12-19(28)18-13-20(29)21(30)14-24(18,3)16(17)8-10-25(22,27)4/h12,15-16,18,20-23,29-33H,6-11,13-14H2,1-5H3/t16-,18-,20-,21-,22-,23-,24+,25+,26+,27-/m0/s1. The molecule has 0 aromatic carbocycles. The first kappa shape index (κ1) is 25.3. The Morgan fingerprint density at radius 2 is 1.76 bits per heavy atom. The van der Waals surface area contributed by atoms with E-state index in [0.717, 1.165) is 18.4 Å². The van der Waals surface area contributed by atoms with Gasteiger partial charge in [-0.1, -0.05) is 27.7 Å². The van der Waals surface area contributed by atoms with Gasteiger partial charge < -0.3 is 25.5 Å². The topological polar surface area (TPSA) is 118 Å². The van der Waals surface area contributed by atoms with Gasteiger partial charge in [0.15, 0.2) is 5.78 Å². The van der Waals surface area contributed by atoms with Crippen molar-refractivity contribution in [3.05, 3.63) is 11.6 Å². The second-order valence-corrected chi connectivity index (χ2v) is 12.8. The number of hydrogen-bond donors (Lipinski definition) is 5. The highest BCUT2D eigenvalue weighted by Gasteiger charge is 2.69. The summed E-state index contributed by atoms with van der Waals surface area (Å²) in [5, 5.41) is 55.4. The summed E-state index contributed by atoms with van der Waals surface area (Å²) in [4.78, 5) is 13.2. The van der Waals surface area contributed by atoms with Crippen LogP contribution >= 0.6 is 0 Å². The number of carbonyl (C=O) groups excluding carboxylic acids is 1. The van der Waals surface area contributed by atoms with E-state index in [4.69, 9.17) is 0 Å². The lowest BCUT2D eigenvalue weighted by Crippen LogP contribution is -2.62. The van der Waals surface area contributed by atoms with Crippen LogP contribution in [0.1, 0.15) is 86.0 Å². The maximum absolute atomic E-state index is 13.2. The zero-order chi connectivity index (χ0) is 24.6. The first-order valence-electron chi connectivity index (χ1n) is 12.9. The van der Waals surface area contributed by atoms with Crippen LogP contribution in [0.15, 0.2) is 11.6 Å². The lowest BCUT2D eigenvalue weighted by atomic mass is 9.45. The van der Waals surface area contributed by atoms with E-state index >= 15 is 0 Å². The van der Waals surface area contributed by atoms with Crippen molar-refractivity contribution in [1.82, 2.24) is 0 Å². The average molecular weight is 465 g/mol. The molecule has 33 heavy (non-hydrogen) atoms. The molecule has 4 rings (SSSR count). The van der Waals surface area contributed by atoms with Gasteiger partial charge in [-0.3, -0.25) is 4.79 Å². The van der Waals surface area contributed by atoms with Crippen LogP contribution in [0.4, 0.5) is 0 Å². The quantitative estimate of drug-likeness (QED) is 0.427. The molecule has 0 amide bonds. The fourth-order valence-electron chi connectivity index (χ4n) is 8.32. The number of ketones is 1. The number of fused-ring (bicyclic) bond motifs is 5. The van der Waals surface area contributed by atoms with Gasteiger partial charge in [-0.2, -0.15) is 0 Å². The predicted molar refractivity (Wildman–Crippen MR) is 125 cm³/mol. The monoisotopic (exact) mass is 464 g/mol. The third-order valence-electron chi connectivity index (χ3n) is 10.5. The van der Waals surface area contributed by atoms with Crippen molar-refractivity contribution < 1.29 is 30.3 Å². The van der Waals surface area contributed by atoms with Gasteiger partial charge in [0.1, 0.15) is 0 Å². The molecule has 0 saturated heterocycles. The molecule has 0 spiro atoms. The summed E-state index contributed by atoms with van der Waals surface area (Å²) in [6.07, 6.45) is 3.39. The first-order chi connectivity index (χ1) is 15.2. The van der Waals surface area contributed by atoms with Gasteiger partial charge in [0, 0.05) is 11.3 Å². The second-order valence-electron chi connectivity index (χ2n) is 12.8. The Balaban J connectivity index is 1.68. The normalized spacial score (nSPS) is 47.9. The van der Waals surface area contributed by atoms with E-state index in [1.54, 1.807) is 13.0 Å². The zero-order valence-corrected chi connectivity index (χ0v) is 20.9. The van der Waals surface area contributed by atoms with Crippen molar-refractivity contribution in [2.75, 3.05) is 0 Å². The van der Waals surface area contributed by atoms with Crippen LogP contribution in [0.2, 0.25) is 0 Å². The number of rotatable bonds is 5. The smallest absolute Gasteiger partial charge is 0.159 e. The number of allylic oxidation sites excluding steroid dienone is 1. The molecule has 4 aliphatic rings. The van der Waals surface area contributed by atoms with Crippen LogP contribution in [-0.4, -0.2) is 60.8 Å². The molecule has 5 N–H and O–H groups in total. The molecule has 3 saturated carbocycles. The molecule has 3 fully saturated rings. The van der Waals surface area contributed by atoms with E-state index in [9.17, 15) is 30.3 Å². The lowest BCUT2D eigenvalue weighted by molar-refractivity contribution is -0.176. The lowest BCUT2D eigenvalue weighted by Gasteiger charge is -2.60. The highest BCUT2D eigenvalue weighted by atomic mass is 16.3. The highest BCUT2D eigenvalue weighted by molar-refractivity contribution is 5.95. The number of hydrogen-bond acceptors (Lipinski definition) is 6. The van der Waals surface area contributed by atoms with Crippen LogP contribution in [0, 0.1) is 34.5 Å². The van der Waals surface area contributed by atoms with Gasteiger partial charge in [-0.15, -0.1) is 0 Å². The predicted octanol–water partition coefficient (Wildman–Crippen LogP) is 2.74. The molecule has 188 valence electrons. The molecule has 0 radical (unpaired) electrons. The molecule has 6 nitrogen and oxygen atoms in total. The second kappa shape index (κ2) is 8.12. The Hall–Kier alpha value is -0.790. The number of aliphatic hydroxyl groups is 5. The van der Waals surface area contributed by atoms with Crippen molar-refractivity contribution in [2.24, 2.45) is 34.5 Å². The molecule has 0 aromatic rings. The Morgan fingerprint density at radius 1 is 1.09 bits per heavy atom. The fraction of sp³-hybridized carbons (Fsp3) is 0.889. The first-order valence-corrected chi connectivity index (χ1v) is 12.9. The number of aliphatic hydroxyl groups excluding tert-OH is 3. The van der Waals surface area contributed by atoms with E-state index in [1.807, 2.05) is 13.8 Å². The summed E-state index contributed by atoms with van der Waals surface area (Å²) < 4.78 is 0. The molecule has 10 atom stereocenters. The summed E-state index contributed by atoms with van der Waals surface area (Å²) in [5.74, 6) is -0.331. The van der Waals surface area contributed by atoms with Crippen molar-refractivity contribution in [1.29, 1.82) is 0 Å². The Bertz CT molecular complexity index is 819. The molecule has 0 bridgehead atoms. The number of carbonyl (C=O) groups is 1. The summed E-state index contributed by atoms with van der Waals surface area (Å²) in [5.41, 5.74) is -2.98. The minimum absolute atomic E-state index is 0.0463. The molecule has 0 heterocycles. The largest absolute Gasteiger partial charge is 0.390 e. The van der Waals surface area contributed by atoms with Crippen LogP contribution in [-0.2, 0) is 4.79 Å². The third-order valence-corrected chi connectivity index (χ3v) is 10.5. The van der Waals surface area contributed by atoms with Crippen LogP contribution < -0.4 is 0 Å². The van der Waals surface area contributed by atoms with Crippen LogP contribution in [0.3, 0.4) is 0 Å². The molecule has 4 aliphatic carbocycles. The van der Waals surface area contributed by atoms with E-state index in [2.05, 4.69) is 13.8 Å². The van der Waals surface area contributed by atoms with Crippen LogP contribution in [0.25, 0.3) is 0 Å². The Kier molecular flexibility index (Phi) is 6.23. The van der Waals surface area contributed by atoms with E-state index in [-0.39, 0.29) is 30.0 Å². The van der Waals surface area contributed by atoms with Crippen molar-refractivity contribution in [3.63, 3.8) is 0 Å². The maximum Gasteiger partial charge on any atom is 0.159 e. The SMILES string of the molecule is CC(C)CC[C@H](O)[C@](C)(O)[C@H]1CC[C@]2(O)C3=CC(=O)[C@@H]4C[C@H](O)[C@@H](O)C[C@]4(C)[C@H]3CC[C@]12C. The van der Waals surface area contributed by atoms with Crippen LogP contribution in [0.5, 0.6) is 0 Å². The Labute approximate surface area is 198 Å². The Morgan fingerprint density at radius 3 is 2.39 bits per heavy atom. The summed E-state index contributed by atoms with van der Waals surface area (Å²) >= 11 is 0. The van der Waals surface area contributed by atoms with E-state index in [1.165, 1.54) is 0 Å². The van der Waals surface area contributed by atoms with Gasteiger partial charge in [0.25, 0.3) is 0 Å². The molecule has 6 heteroatoms. The minimum Gasteiger partial charge on any atom is -0.390 e. The molecule has 0 unspecified atom stereocenters. The van der Waals surface area contributed by atoms with E-state index in [0.29, 0.717) is 38.0 Å². The van der Waals surface area contributed by atoms with Gasteiger partial charge >= 0.3 is 0 Å². The van der Waals surface area contributed by atoms with Gasteiger partial charge in [0.05, 0.1) is 29.5 Å². The maximum atomic E-state index is 13.2. The average Bonchev–Trinajstić information content (AvgIpc) is 3.00. The van der Waals surface area contributed by atoms with Crippen molar-refractivity contribution in [3.8, 4) is 0 Å².